The zero-order chi connectivity index (χ0) is 18.2. The van der Waals surface area contributed by atoms with Gasteiger partial charge in [-0.2, -0.15) is 5.10 Å². The van der Waals surface area contributed by atoms with Gasteiger partial charge in [0.05, 0.1) is 24.9 Å². The van der Waals surface area contributed by atoms with Gasteiger partial charge in [0.25, 0.3) is 0 Å². The number of carbonyl (C=O) groups excluding carboxylic acids is 1. The van der Waals surface area contributed by atoms with Crippen molar-refractivity contribution in [3.63, 3.8) is 0 Å². The molecule has 0 radical (unpaired) electrons. The largest absolute Gasteiger partial charge is 0.445 e. The third-order valence-electron chi connectivity index (χ3n) is 4.38. The number of ether oxygens (including phenoxy) is 2. The van der Waals surface area contributed by atoms with Crippen LogP contribution in [-0.2, 0) is 29.2 Å². The molecule has 0 spiro atoms. The molecule has 1 unspecified atom stereocenters. The summed E-state index contributed by atoms with van der Waals surface area (Å²) in [5, 5.41) is 7.64. The van der Waals surface area contributed by atoms with Gasteiger partial charge in [0, 0.05) is 32.4 Å². The van der Waals surface area contributed by atoms with Crippen molar-refractivity contribution in [2.45, 2.75) is 32.7 Å². The first kappa shape index (κ1) is 18.4. The minimum Gasteiger partial charge on any atom is -0.445 e. The second-order valence-corrected chi connectivity index (χ2v) is 6.25. The minimum absolute atomic E-state index is 0.0361. The molecule has 2 heterocycles. The van der Waals surface area contributed by atoms with Crippen LogP contribution in [0, 0.1) is 0 Å². The number of morpholine rings is 1. The lowest BCUT2D eigenvalue weighted by Crippen LogP contribution is -2.49. The van der Waals surface area contributed by atoms with Crippen molar-refractivity contribution < 1.29 is 14.3 Å². The third kappa shape index (κ3) is 5.06. The Kier molecular flexibility index (Phi) is 6.62. The van der Waals surface area contributed by atoms with E-state index in [2.05, 4.69) is 17.3 Å². The molecule has 1 amide bonds. The maximum atomic E-state index is 12.3. The summed E-state index contributed by atoms with van der Waals surface area (Å²) in [4.78, 5) is 14.0. The van der Waals surface area contributed by atoms with Crippen molar-refractivity contribution in [1.82, 2.24) is 20.0 Å². The Morgan fingerprint density at radius 2 is 2.19 bits per heavy atom. The van der Waals surface area contributed by atoms with Gasteiger partial charge in [0.15, 0.2) is 0 Å². The summed E-state index contributed by atoms with van der Waals surface area (Å²) in [6.07, 6.45) is 1.49. The van der Waals surface area contributed by atoms with E-state index in [0.717, 1.165) is 24.3 Å². The normalized spacial score (nSPS) is 17.3. The van der Waals surface area contributed by atoms with Crippen LogP contribution in [0.1, 0.15) is 18.2 Å². The molecule has 140 valence electrons. The molecule has 0 bridgehead atoms. The number of benzene rings is 1. The summed E-state index contributed by atoms with van der Waals surface area (Å²) in [6, 6.07) is 11.7. The summed E-state index contributed by atoms with van der Waals surface area (Å²) in [7, 11) is 0. The van der Waals surface area contributed by atoms with E-state index in [9.17, 15) is 4.79 Å². The summed E-state index contributed by atoms with van der Waals surface area (Å²) in [5.74, 6) is 0. The molecule has 2 aromatic rings. The average Bonchev–Trinajstić information content (AvgIpc) is 3.15. The highest BCUT2D eigenvalue weighted by molar-refractivity contribution is 5.67. The van der Waals surface area contributed by atoms with Crippen LogP contribution in [0.5, 0.6) is 0 Å². The highest BCUT2D eigenvalue weighted by atomic mass is 16.6. The van der Waals surface area contributed by atoms with Crippen LogP contribution < -0.4 is 5.32 Å². The fourth-order valence-corrected chi connectivity index (χ4v) is 2.98. The highest BCUT2D eigenvalue weighted by Gasteiger charge is 2.25. The van der Waals surface area contributed by atoms with Crippen LogP contribution in [0.2, 0.25) is 0 Å². The molecule has 1 fully saturated rings. The van der Waals surface area contributed by atoms with Gasteiger partial charge in [-0.1, -0.05) is 30.3 Å². The monoisotopic (exact) mass is 358 g/mol. The zero-order valence-corrected chi connectivity index (χ0v) is 15.1. The van der Waals surface area contributed by atoms with Gasteiger partial charge in [-0.05, 0) is 18.6 Å². The van der Waals surface area contributed by atoms with E-state index < -0.39 is 0 Å². The van der Waals surface area contributed by atoms with Crippen molar-refractivity contribution in [2.75, 3.05) is 26.2 Å². The number of aryl methyl sites for hydroxylation is 1. The number of amides is 1. The maximum Gasteiger partial charge on any atom is 0.410 e. The molecule has 0 aliphatic carbocycles. The van der Waals surface area contributed by atoms with Crippen molar-refractivity contribution in [1.29, 1.82) is 0 Å². The molecule has 1 N–H and O–H groups in total. The van der Waals surface area contributed by atoms with Gasteiger partial charge < -0.3 is 19.7 Å². The topological polar surface area (TPSA) is 68.6 Å². The molecule has 1 aromatic carbocycles. The van der Waals surface area contributed by atoms with E-state index in [0.29, 0.717) is 32.8 Å². The Balaban J connectivity index is 1.41. The van der Waals surface area contributed by atoms with E-state index in [1.807, 2.05) is 47.3 Å². The van der Waals surface area contributed by atoms with Crippen LogP contribution in [0.3, 0.4) is 0 Å². The second-order valence-electron chi connectivity index (χ2n) is 6.25. The van der Waals surface area contributed by atoms with E-state index in [4.69, 9.17) is 9.47 Å². The van der Waals surface area contributed by atoms with E-state index >= 15 is 0 Å². The highest BCUT2D eigenvalue weighted by Crippen LogP contribution is 2.09. The van der Waals surface area contributed by atoms with Crippen molar-refractivity contribution in [2.24, 2.45) is 0 Å². The van der Waals surface area contributed by atoms with Crippen LogP contribution >= 0.6 is 0 Å². The molecule has 26 heavy (non-hydrogen) atoms. The van der Waals surface area contributed by atoms with Gasteiger partial charge in [0.2, 0.25) is 0 Å². The predicted molar refractivity (Wildman–Crippen MR) is 97.5 cm³/mol. The Hall–Kier alpha value is -2.38. The van der Waals surface area contributed by atoms with Crippen LogP contribution in [-0.4, -0.2) is 53.1 Å². The average molecular weight is 358 g/mol. The Labute approximate surface area is 153 Å². The third-order valence-corrected chi connectivity index (χ3v) is 4.38. The molecule has 1 aliphatic heterocycles. The van der Waals surface area contributed by atoms with Gasteiger partial charge in [-0.3, -0.25) is 4.68 Å². The smallest absolute Gasteiger partial charge is 0.410 e. The number of aromatic nitrogens is 2. The van der Waals surface area contributed by atoms with E-state index in [1.54, 1.807) is 4.90 Å². The zero-order valence-electron chi connectivity index (χ0n) is 15.1. The molecule has 7 nitrogen and oxygen atoms in total. The Morgan fingerprint density at radius 1 is 1.35 bits per heavy atom. The number of hydrogen-bond acceptors (Lipinski definition) is 5. The van der Waals surface area contributed by atoms with Crippen molar-refractivity contribution >= 4 is 6.09 Å². The number of carbonyl (C=O) groups is 1. The summed E-state index contributed by atoms with van der Waals surface area (Å²) < 4.78 is 13.1. The fraction of sp³-hybridized carbons (Fsp3) is 0.474. The first-order chi connectivity index (χ1) is 12.8. The predicted octanol–water partition coefficient (Wildman–Crippen LogP) is 2.03. The van der Waals surface area contributed by atoms with Gasteiger partial charge in [-0.15, -0.1) is 0 Å². The minimum atomic E-state index is -0.286. The lowest BCUT2D eigenvalue weighted by molar-refractivity contribution is -0.0271. The number of nitrogens with zero attached hydrogens (tertiary/aromatic N) is 3. The molecule has 3 rings (SSSR count). The standard InChI is InChI=1S/C19H26N4O3/c1-2-23-17(8-9-21-23)12-20-13-18-14-22(10-11-25-18)19(24)26-15-16-6-4-3-5-7-16/h3-9,18,20H,2,10-15H2,1H3. The summed E-state index contributed by atoms with van der Waals surface area (Å²) in [6.45, 7) is 6.25. The van der Waals surface area contributed by atoms with Crippen LogP contribution in [0.4, 0.5) is 4.79 Å². The second kappa shape index (κ2) is 9.35. The fourth-order valence-electron chi connectivity index (χ4n) is 2.98. The van der Waals surface area contributed by atoms with E-state index in [1.165, 1.54) is 0 Å². The Bertz CT molecular complexity index is 689. The molecule has 0 saturated carbocycles. The molecule has 1 aliphatic rings. The van der Waals surface area contributed by atoms with Crippen molar-refractivity contribution in [3.05, 3.63) is 53.9 Å². The van der Waals surface area contributed by atoms with Gasteiger partial charge in [-0.25, -0.2) is 4.79 Å². The van der Waals surface area contributed by atoms with E-state index in [-0.39, 0.29) is 12.2 Å². The number of nitrogens with one attached hydrogen (secondary N) is 1. The van der Waals surface area contributed by atoms with Crippen molar-refractivity contribution in [3.8, 4) is 0 Å². The first-order valence-corrected chi connectivity index (χ1v) is 9.05. The van der Waals surface area contributed by atoms with Gasteiger partial charge in [0.1, 0.15) is 6.61 Å². The first-order valence-electron chi connectivity index (χ1n) is 9.05. The molecular weight excluding hydrogens is 332 g/mol. The molecule has 1 saturated heterocycles. The molecular formula is C19H26N4O3. The molecule has 7 heteroatoms. The Morgan fingerprint density at radius 3 is 3.00 bits per heavy atom. The lowest BCUT2D eigenvalue weighted by Gasteiger charge is -2.32. The molecule has 1 atom stereocenters. The summed E-state index contributed by atoms with van der Waals surface area (Å²) >= 11 is 0. The van der Waals surface area contributed by atoms with Crippen LogP contribution in [0.15, 0.2) is 42.6 Å². The number of rotatable bonds is 7. The number of hydrogen-bond donors (Lipinski definition) is 1. The van der Waals surface area contributed by atoms with Crippen LogP contribution in [0.25, 0.3) is 0 Å². The summed E-state index contributed by atoms with van der Waals surface area (Å²) in [5.41, 5.74) is 2.13. The SMILES string of the molecule is CCn1nccc1CNCC1CN(C(=O)OCc2ccccc2)CCO1. The quantitative estimate of drug-likeness (QED) is 0.820. The molecule has 1 aromatic heterocycles. The maximum absolute atomic E-state index is 12.3. The lowest BCUT2D eigenvalue weighted by atomic mass is 10.2. The van der Waals surface area contributed by atoms with Gasteiger partial charge >= 0.3 is 6.09 Å².